The van der Waals surface area contributed by atoms with Gasteiger partial charge in [0.2, 0.25) is 0 Å². The first kappa shape index (κ1) is 12.8. The lowest BCUT2D eigenvalue weighted by molar-refractivity contribution is -0.134. The Labute approximate surface area is 94.4 Å². The van der Waals surface area contributed by atoms with Crippen molar-refractivity contribution in [2.75, 3.05) is 0 Å². The Morgan fingerprint density at radius 1 is 1.47 bits per heavy atom. The fourth-order valence-corrected chi connectivity index (χ4v) is 4.96. The highest BCUT2D eigenvalue weighted by atomic mass is 28.3. The molecular formula is C12H24O2Si. The van der Waals surface area contributed by atoms with Gasteiger partial charge in [-0.2, -0.15) is 0 Å². The molecule has 1 aliphatic rings. The summed E-state index contributed by atoms with van der Waals surface area (Å²) in [6.45, 7) is 10.1. The van der Waals surface area contributed by atoms with Crippen LogP contribution in [-0.4, -0.2) is 20.7 Å². The van der Waals surface area contributed by atoms with Gasteiger partial charge in [-0.05, 0) is 24.3 Å². The van der Waals surface area contributed by atoms with Gasteiger partial charge in [0, 0.05) is 8.07 Å². The lowest BCUT2D eigenvalue weighted by atomic mass is 10.1. The molecule has 0 spiro atoms. The minimum absolute atomic E-state index is 0.208. The van der Waals surface area contributed by atoms with Crippen molar-refractivity contribution in [2.45, 2.75) is 63.9 Å². The van der Waals surface area contributed by atoms with E-state index in [-0.39, 0.29) is 6.10 Å². The second-order valence-electron chi connectivity index (χ2n) is 5.79. The Morgan fingerprint density at radius 2 is 2.13 bits per heavy atom. The summed E-state index contributed by atoms with van der Waals surface area (Å²) in [4.78, 5) is 10.5. The van der Waals surface area contributed by atoms with E-state index in [9.17, 15) is 4.79 Å². The maximum Gasteiger partial charge on any atom is 0.293 e. The van der Waals surface area contributed by atoms with Crippen molar-refractivity contribution in [3.8, 4) is 0 Å². The Bertz CT molecular complexity index is 210. The molecule has 3 atom stereocenters. The van der Waals surface area contributed by atoms with Gasteiger partial charge in [-0.15, -0.1) is 0 Å². The number of unbranched alkanes of at least 4 members (excludes halogenated alkanes) is 1. The number of carbonyl (C=O) groups is 1. The molecule has 0 bridgehead atoms. The van der Waals surface area contributed by atoms with Gasteiger partial charge in [0.1, 0.15) is 6.10 Å². The largest absolute Gasteiger partial charge is 0.464 e. The first-order chi connectivity index (χ1) is 7.00. The summed E-state index contributed by atoms with van der Waals surface area (Å²) >= 11 is 0. The Morgan fingerprint density at radius 3 is 2.53 bits per heavy atom. The highest BCUT2D eigenvalue weighted by Gasteiger charge is 2.50. The van der Waals surface area contributed by atoms with Crippen LogP contribution < -0.4 is 0 Å². The third-order valence-electron chi connectivity index (χ3n) is 3.50. The zero-order valence-corrected chi connectivity index (χ0v) is 11.5. The standard InChI is InChI=1S/C12H24O2Si/c1-5-6-7-11(14-9-13)10-8-12(10)15(2,3)4/h9-12H,5-8H2,1-4H3/t10-,11+,12+/m0/s1. The van der Waals surface area contributed by atoms with E-state index in [2.05, 4.69) is 26.6 Å². The third kappa shape index (κ3) is 3.63. The molecule has 0 aromatic rings. The van der Waals surface area contributed by atoms with Crippen molar-refractivity contribution in [1.82, 2.24) is 0 Å². The van der Waals surface area contributed by atoms with Crippen LogP contribution in [0.15, 0.2) is 0 Å². The van der Waals surface area contributed by atoms with E-state index < -0.39 is 8.07 Å². The average molecular weight is 228 g/mol. The lowest BCUT2D eigenvalue weighted by Crippen LogP contribution is -2.24. The summed E-state index contributed by atoms with van der Waals surface area (Å²) in [6, 6.07) is 0. The second kappa shape index (κ2) is 5.15. The number of carbonyl (C=O) groups excluding carboxylic acids is 1. The van der Waals surface area contributed by atoms with Gasteiger partial charge in [0.05, 0.1) is 0 Å². The zero-order valence-electron chi connectivity index (χ0n) is 10.5. The normalized spacial score (nSPS) is 27.2. The predicted molar refractivity (Wildman–Crippen MR) is 65.7 cm³/mol. The SMILES string of the molecule is CCCC[C@@H](OC=O)[C@@H]1C[C@H]1[Si](C)(C)C. The molecular weight excluding hydrogens is 204 g/mol. The Balaban J connectivity index is 2.42. The number of hydrogen-bond donors (Lipinski definition) is 0. The molecule has 0 aromatic carbocycles. The predicted octanol–water partition coefficient (Wildman–Crippen LogP) is 3.45. The van der Waals surface area contributed by atoms with Gasteiger partial charge in [0.25, 0.3) is 6.47 Å². The van der Waals surface area contributed by atoms with Crippen molar-refractivity contribution in [3.05, 3.63) is 0 Å². The van der Waals surface area contributed by atoms with E-state index in [1.807, 2.05) is 0 Å². The highest BCUT2D eigenvalue weighted by molar-refractivity contribution is 6.78. The molecule has 0 unspecified atom stereocenters. The quantitative estimate of drug-likeness (QED) is 0.493. The first-order valence-electron chi connectivity index (χ1n) is 6.09. The van der Waals surface area contributed by atoms with Gasteiger partial charge in [-0.1, -0.05) is 39.4 Å². The molecule has 0 aliphatic heterocycles. The molecule has 15 heavy (non-hydrogen) atoms. The summed E-state index contributed by atoms with van der Waals surface area (Å²) < 4.78 is 5.24. The second-order valence-corrected chi connectivity index (χ2v) is 11.3. The van der Waals surface area contributed by atoms with Gasteiger partial charge in [0.15, 0.2) is 0 Å². The zero-order chi connectivity index (χ0) is 11.5. The van der Waals surface area contributed by atoms with Gasteiger partial charge in [-0.3, -0.25) is 4.79 Å². The summed E-state index contributed by atoms with van der Waals surface area (Å²) in [7, 11) is -1.01. The van der Waals surface area contributed by atoms with Crippen molar-refractivity contribution >= 4 is 14.5 Å². The summed E-state index contributed by atoms with van der Waals surface area (Å²) in [6.07, 6.45) is 4.91. The van der Waals surface area contributed by atoms with E-state index in [4.69, 9.17) is 4.74 Å². The van der Waals surface area contributed by atoms with E-state index in [1.54, 1.807) is 0 Å². The van der Waals surface area contributed by atoms with Crippen LogP contribution in [0, 0.1) is 5.92 Å². The number of hydrogen-bond acceptors (Lipinski definition) is 2. The molecule has 0 saturated heterocycles. The van der Waals surface area contributed by atoms with Crippen molar-refractivity contribution in [1.29, 1.82) is 0 Å². The third-order valence-corrected chi connectivity index (χ3v) is 6.39. The van der Waals surface area contributed by atoms with E-state index in [0.717, 1.165) is 12.0 Å². The monoisotopic (exact) mass is 228 g/mol. The molecule has 1 rings (SSSR count). The van der Waals surface area contributed by atoms with Crippen LogP contribution in [0.5, 0.6) is 0 Å². The van der Waals surface area contributed by atoms with E-state index >= 15 is 0 Å². The molecule has 88 valence electrons. The van der Waals surface area contributed by atoms with Gasteiger partial charge < -0.3 is 4.74 Å². The first-order valence-corrected chi connectivity index (χ1v) is 9.67. The fourth-order valence-electron chi connectivity index (χ4n) is 2.48. The minimum atomic E-state index is -1.01. The maximum absolute atomic E-state index is 10.5. The molecule has 0 radical (unpaired) electrons. The van der Waals surface area contributed by atoms with Crippen LogP contribution in [0.1, 0.15) is 32.6 Å². The lowest BCUT2D eigenvalue weighted by Gasteiger charge is -2.20. The van der Waals surface area contributed by atoms with Crippen molar-refractivity contribution in [3.63, 3.8) is 0 Å². The molecule has 0 aromatic heterocycles. The van der Waals surface area contributed by atoms with Gasteiger partial charge in [-0.25, -0.2) is 0 Å². The van der Waals surface area contributed by atoms with Crippen LogP contribution in [0.2, 0.25) is 25.2 Å². The van der Waals surface area contributed by atoms with Crippen molar-refractivity contribution < 1.29 is 9.53 Å². The highest BCUT2D eigenvalue weighted by Crippen LogP contribution is 2.54. The number of ether oxygens (including phenoxy) is 1. The molecule has 2 nitrogen and oxygen atoms in total. The molecule has 3 heteroatoms. The van der Waals surface area contributed by atoms with Crippen LogP contribution >= 0.6 is 0 Å². The summed E-state index contributed by atoms with van der Waals surface area (Å²) in [5.41, 5.74) is 0.874. The molecule has 1 aliphatic carbocycles. The fraction of sp³-hybridized carbons (Fsp3) is 0.917. The number of rotatable bonds is 7. The molecule has 1 fully saturated rings. The van der Waals surface area contributed by atoms with E-state index in [0.29, 0.717) is 12.4 Å². The molecule has 1 saturated carbocycles. The van der Waals surface area contributed by atoms with Crippen molar-refractivity contribution in [2.24, 2.45) is 5.92 Å². The molecule has 0 amide bonds. The minimum Gasteiger partial charge on any atom is -0.464 e. The topological polar surface area (TPSA) is 26.3 Å². The van der Waals surface area contributed by atoms with Gasteiger partial charge >= 0.3 is 0 Å². The summed E-state index contributed by atoms with van der Waals surface area (Å²) in [5, 5.41) is 0. The van der Waals surface area contributed by atoms with Crippen LogP contribution in [0.4, 0.5) is 0 Å². The van der Waals surface area contributed by atoms with Crippen LogP contribution in [0.25, 0.3) is 0 Å². The van der Waals surface area contributed by atoms with E-state index in [1.165, 1.54) is 19.3 Å². The van der Waals surface area contributed by atoms with Crippen LogP contribution in [-0.2, 0) is 9.53 Å². The summed E-state index contributed by atoms with van der Waals surface area (Å²) in [5.74, 6) is 0.674. The maximum atomic E-state index is 10.5. The Kier molecular flexibility index (Phi) is 4.38. The van der Waals surface area contributed by atoms with Crippen LogP contribution in [0.3, 0.4) is 0 Å². The molecule has 0 heterocycles. The Hall–Kier alpha value is -0.313. The average Bonchev–Trinajstić information content (AvgIpc) is 2.90. The smallest absolute Gasteiger partial charge is 0.293 e. The molecule has 0 N–H and O–H groups in total.